The second-order valence-corrected chi connectivity index (χ2v) is 5.99. The predicted octanol–water partition coefficient (Wildman–Crippen LogP) is 5.55. The van der Waals surface area contributed by atoms with Gasteiger partial charge in [0, 0.05) is 11.1 Å². The zero-order valence-corrected chi connectivity index (χ0v) is 14.0. The molecule has 1 heteroatoms. The molecule has 0 unspecified atom stereocenters. The molecule has 0 aromatic heterocycles. The third-order valence-electron chi connectivity index (χ3n) is 3.29. The molecule has 0 aliphatic carbocycles. The first-order chi connectivity index (χ1) is 9.89. The van der Waals surface area contributed by atoms with Gasteiger partial charge in [0.15, 0.2) is 5.78 Å². The molecule has 0 aliphatic heterocycles. The fourth-order valence-electron chi connectivity index (χ4n) is 2.20. The van der Waals surface area contributed by atoms with E-state index >= 15 is 0 Å². The first-order valence-corrected chi connectivity index (χ1v) is 7.60. The quantitative estimate of drug-likeness (QED) is 0.660. The highest BCUT2D eigenvalue weighted by Gasteiger charge is 2.21. The maximum atomic E-state index is 12.6. The van der Waals surface area contributed by atoms with Crippen molar-refractivity contribution in [3.05, 3.63) is 70.8 Å². The molecule has 21 heavy (non-hydrogen) atoms. The van der Waals surface area contributed by atoms with Gasteiger partial charge in [-0.05, 0) is 17.9 Å². The minimum Gasteiger partial charge on any atom is -0.289 e. The van der Waals surface area contributed by atoms with Crippen molar-refractivity contribution in [3.63, 3.8) is 0 Å². The molecule has 0 saturated heterocycles. The molecule has 0 fully saturated rings. The normalized spacial score (nSPS) is 10.6. The van der Waals surface area contributed by atoms with E-state index in [1.807, 2.05) is 69.3 Å². The molecular weight excluding hydrogens is 256 g/mol. The summed E-state index contributed by atoms with van der Waals surface area (Å²) in [6, 6.07) is 15.6. The summed E-state index contributed by atoms with van der Waals surface area (Å²) in [5, 5.41) is 0. The number of aryl methyl sites for hydroxylation is 1. The molecule has 2 aromatic rings. The summed E-state index contributed by atoms with van der Waals surface area (Å²) in [5.74, 6) is 0.102. The highest BCUT2D eigenvalue weighted by atomic mass is 16.1. The van der Waals surface area contributed by atoms with E-state index < -0.39 is 0 Å². The Hall–Kier alpha value is -1.89. The van der Waals surface area contributed by atoms with Crippen molar-refractivity contribution in [2.24, 2.45) is 0 Å². The standard InChI is InChI=1S/C18H20O.C2H6/c1-13-9-11-14(12-10-13)17(19)15-7-5-6-8-16(15)18(2,3)4;1-2/h5-12H,1-4H3;1-2H3. The van der Waals surface area contributed by atoms with Crippen molar-refractivity contribution < 1.29 is 4.79 Å². The lowest BCUT2D eigenvalue weighted by atomic mass is 9.82. The maximum absolute atomic E-state index is 12.6. The predicted molar refractivity (Wildman–Crippen MR) is 91.1 cm³/mol. The molecule has 1 nitrogen and oxygen atoms in total. The number of carbonyl (C=O) groups excluding carboxylic acids is 1. The molecule has 0 amide bonds. The molecule has 0 radical (unpaired) electrons. The van der Waals surface area contributed by atoms with E-state index in [1.165, 1.54) is 5.56 Å². The minimum absolute atomic E-state index is 0.0308. The van der Waals surface area contributed by atoms with Crippen molar-refractivity contribution in [3.8, 4) is 0 Å². The molecule has 0 aliphatic rings. The molecule has 0 heterocycles. The molecule has 2 aromatic carbocycles. The molecule has 0 bridgehead atoms. The SMILES string of the molecule is CC.Cc1ccc(C(=O)c2ccccc2C(C)(C)C)cc1. The first-order valence-electron chi connectivity index (χ1n) is 7.60. The largest absolute Gasteiger partial charge is 0.289 e. The molecule has 0 N–H and O–H groups in total. The summed E-state index contributed by atoms with van der Waals surface area (Å²) in [5.41, 5.74) is 3.79. The van der Waals surface area contributed by atoms with Crippen molar-refractivity contribution in [2.45, 2.75) is 47.0 Å². The Balaban J connectivity index is 0.00000106. The van der Waals surface area contributed by atoms with Gasteiger partial charge in [-0.3, -0.25) is 4.79 Å². The van der Waals surface area contributed by atoms with Crippen molar-refractivity contribution >= 4 is 5.78 Å². The summed E-state index contributed by atoms with van der Waals surface area (Å²) in [7, 11) is 0. The van der Waals surface area contributed by atoms with Crippen molar-refractivity contribution in [1.29, 1.82) is 0 Å². The van der Waals surface area contributed by atoms with E-state index in [2.05, 4.69) is 20.8 Å². The van der Waals surface area contributed by atoms with Crippen LogP contribution in [0, 0.1) is 6.92 Å². The zero-order valence-electron chi connectivity index (χ0n) is 14.0. The third-order valence-corrected chi connectivity index (χ3v) is 3.29. The van der Waals surface area contributed by atoms with Crippen LogP contribution in [0.2, 0.25) is 0 Å². The van der Waals surface area contributed by atoms with Gasteiger partial charge in [-0.15, -0.1) is 0 Å². The second kappa shape index (κ2) is 7.21. The molecule has 2 rings (SSSR count). The van der Waals surface area contributed by atoms with E-state index in [0.717, 1.165) is 16.7 Å². The number of carbonyl (C=O) groups is 1. The monoisotopic (exact) mass is 282 g/mol. The average Bonchev–Trinajstić information content (AvgIpc) is 2.48. The van der Waals surface area contributed by atoms with Crippen LogP contribution in [0.3, 0.4) is 0 Å². The van der Waals surface area contributed by atoms with E-state index in [1.54, 1.807) is 0 Å². The van der Waals surface area contributed by atoms with Gasteiger partial charge in [-0.25, -0.2) is 0 Å². The molecule has 0 atom stereocenters. The van der Waals surface area contributed by atoms with Crippen molar-refractivity contribution in [2.75, 3.05) is 0 Å². The van der Waals surface area contributed by atoms with Crippen LogP contribution in [0.15, 0.2) is 48.5 Å². The molecule has 0 spiro atoms. The Kier molecular flexibility index (Phi) is 5.90. The fourth-order valence-corrected chi connectivity index (χ4v) is 2.20. The van der Waals surface area contributed by atoms with Crippen LogP contribution < -0.4 is 0 Å². The van der Waals surface area contributed by atoms with Gasteiger partial charge in [0.2, 0.25) is 0 Å². The van der Waals surface area contributed by atoms with E-state index in [-0.39, 0.29) is 11.2 Å². The van der Waals surface area contributed by atoms with Crippen LogP contribution in [-0.4, -0.2) is 5.78 Å². The Morgan fingerprint density at radius 3 is 1.90 bits per heavy atom. The fraction of sp³-hybridized carbons (Fsp3) is 0.350. The van der Waals surface area contributed by atoms with Gasteiger partial charge in [-0.2, -0.15) is 0 Å². The Bertz CT molecular complexity index is 586. The number of benzene rings is 2. The van der Waals surface area contributed by atoms with Crippen LogP contribution in [0.25, 0.3) is 0 Å². The van der Waals surface area contributed by atoms with Crippen LogP contribution in [-0.2, 0) is 5.41 Å². The summed E-state index contributed by atoms with van der Waals surface area (Å²) in [6.45, 7) is 12.4. The van der Waals surface area contributed by atoms with Crippen LogP contribution >= 0.6 is 0 Å². The van der Waals surface area contributed by atoms with Crippen LogP contribution in [0.4, 0.5) is 0 Å². The Labute approximate surface area is 129 Å². The van der Waals surface area contributed by atoms with Gasteiger partial charge in [0.25, 0.3) is 0 Å². The number of hydrogen-bond acceptors (Lipinski definition) is 1. The summed E-state index contributed by atoms with van der Waals surface area (Å²) in [6.07, 6.45) is 0. The second-order valence-electron chi connectivity index (χ2n) is 5.99. The molecule has 0 saturated carbocycles. The van der Waals surface area contributed by atoms with E-state index in [0.29, 0.717) is 0 Å². The van der Waals surface area contributed by atoms with E-state index in [4.69, 9.17) is 0 Å². The van der Waals surface area contributed by atoms with Gasteiger partial charge in [-0.1, -0.05) is 88.7 Å². The van der Waals surface area contributed by atoms with Gasteiger partial charge in [0.1, 0.15) is 0 Å². The summed E-state index contributed by atoms with van der Waals surface area (Å²) < 4.78 is 0. The van der Waals surface area contributed by atoms with Gasteiger partial charge in [0.05, 0.1) is 0 Å². The Morgan fingerprint density at radius 2 is 1.38 bits per heavy atom. The Morgan fingerprint density at radius 1 is 0.857 bits per heavy atom. The maximum Gasteiger partial charge on any atom is 0.193 e. The summed E-state index contributed by atoms with van der Waals surface area (Å²) in [4.78, 5) is 12.6. The van der Waals surface area contributed by atoms with Gasteiger partial charge >= 0.3 is 0 Å². The smallest absolute Gasteiger partial charge is 0.193 e. The van der Waals surface area contributed by atoms with E-state index in [9.17, 15) is 4.79 Å². The highest BCUT2D eigenvalue weighted by molar-refractivity contribution is 6.10. The molecule has 112 valence electrons. The van der Waals surface area contributed by atoms with Crippen LogP contribution in [0.5, 0.6) is 0 Å². The minimum atomic E-state index is -0.0308. The number of ketones is 1. The lowest BCUT2D eigenvalue weighted by Crippen LogP contribution is -2.17. The lowest BCUT2D eigenvalue weighted by molar-refractivity contribution is 0.103. The van der Waals surface area contributed by atoms with Crippen LogP contribution in [0.1, 0.15) is 61.7 Å². The topological polar surface area (TPSA) is 17.1 Å². The van der Waals surface area contributed by atoms with Crippen molar-refractivity contribution in [1.82, 2.24) is 0 Å². The first kappa shape index (κ1) is 17.2. The van der Waals surface area contributed by atoms with Gasteiger partial charge < -0.3 is 0 Å². The number of hydrogen-bond donors (Lipinski definition) is 0. The summed E-state index contributed by atoms with van der Waals surface area (Å²) >= 11 is 0. The zero-order chi connectivity index (χ0) is 16.0. The third kappa shape index (κ3) is 4.29. The number of rotatable bonds is 2. The average molecular weight is 282 g/mol. The molecular formula is C20H26O. The lowest BCUT2D eigenvalue weighted by Gasteiger charge is -2.22. The highest BCUT2D eigenvalue weighted by Crippen LogP contribution is 2.27.